The zero-order valence-corrected chi connectivity index (χ0v) is 5.89. The molecular weight excluding hydrogens is 122 g/mol. The molecule has 0 aliphatic carbocycles. The lowest BCUT2D eigenvalue weighted by Gasteiger charge is -1.92. The topological polar surface area (TPSA) is 23.8 Å². The highest BCUT2D eigenvalue weighted by molar-refractivity contribution is 5.30. The van der Waals surface area contributed by atoms with Crippen LogP contribution < -0.4 is 0 Å². The fourth-order valence-corrected chi connectivity index (χ4v) is 0.747. The first-order valence-corrected chi connectivity index (χ1v) is 3.27. The Morgan fingerprint density at radius 3 is 2.80 bits per heavy atom. The van der Waals surface area contributed by atoms with E-state index in [0.717, 1.165) is 6.42 Å². The number of nitrogens with zero attached hydrogens (tertiary/aromatic N) is 1. The lowest BCUT2D eigenvalue weighted by atomic mass is 10.1. The number of aryl methyl sites for hydroxylation is 1. The first-order valence-electron chi connectivity index (χ1n) is 3.27. The van der Waals surface area contributed by atoms with Crippen LogP contribution >= 0.6 is 0 Å². The van der Waals surface area contributed by atoms with E-state index in [2.05, 4.69) is 13.0 Å². The molecule has 10 heavy (non-hydrogen) atoms. The van der Waals surface area contributed by atoms with Crippen LogP contribution in [0.2, 0.25) is 0 Å². The fraction of sp³-hybridized carbons (Fsp3) is 0.222. The van der Waals surface area contributed by atoms with Gasteiger partial charge < -0.3 is 0 Å². The summed E-state index contributed by atoms with van der Waals surface area (Å²) < 4.78 is 0. The van der Waals surface area contributed by atoms with E-state index < -0.39 is 0 Å². The molecule has 0 saturated carbocycles. The van der Waals surface area contributed by atoms with Gasteiger partial charge in [0.15, 0.2) is 0 Å². The van der Waals surface area contributed by atoms with Gasteiger partial charge in [0.25, 0.3) is 0 Å². The van der Waals surface area contributed by atoms with Gasteiger partial charge in [-0.2, -0.15) is 5.26 Å². The Hall–Kier alpha value is -1.29. The molecule has 0 bridgehead atoms. The first-order chi connectivity index (χ1) is 4.86. The normalized spacial score (nSPS) is 8.80. The van der Waals surface area contributed by atoms with E-state index in [1.807, 2.05) is 18.2 Å². The van der Waals surface area contributed by atoms with Crippen LogP contribution in [-0.2, 0) is 6.42 Å². The minimum atomic E-state index is 0.609. The molecule has 1 heteroatoms. The molecule has 0 atom stereocenters. The number of nitriles is 1. The molecule has 1 rings (SSSR count). The molecule has 1 nitrogen and oxygen atoms in total. The van der Waals surface area contributed by atoms with Gasteiger partial charge in [0.05, 0.1) is 11.6 Å². The van der Waals surface area contributed by atoms with E-state index in [1.165, 1.54) is 5.56 Å². The Labute approximate surface area is 60.9 Å². The number of rotatable bonds is 1. The summed E-state index contributed by atoms with van der Waals surface area (Å²) in [5, 5.41) is 8.42. The highest BCUT2D eigenvalue weighted by Gasteiger charge is 1.89. The van der Waals surface area contributed by atoms with E-state index in [9.17, 15) is 0 Å². The smallest absolute Gasteiger partial charge is 0.0998 e. The third kappa shape index (κ3) is 1.35. The second-order valence-corrected chi connectivity index (χ2v) is 2.08. The molecule has 0 fully saturated rings. The Bertz CT molecular complexity index is 240. The molecule has 0 N–H and O–H groups in total. The van der Waals surface area contributed by atoms with Crippen molar-refractivity contribution < 1.29 is 0 Å². The summed E-state index contributed by atoms with van der Waals surface area (Å²) in [6, 6.07) is 10.5. The minimum Gasteiger partial charge on any atom is -0.192 e. The molecule has 0 saturated heterocycles. The van der Waals surface area contributed by atoms with Gasteiger partial charge >= 0.3 is 0 Å². The minimum absolute atomic E-state index is 0.609. The summed E-state index contributed by atoms with van der Waals surface area (Å²) in [5.41, 5.74) is 1.83. The predicted molar refractivity (Wildman–Crippen MR) is 39.4 cm³/mol. The lowest BCUT2D eigenvalue weighted by molar-refractivity contribution is 1.14. The number of benzene rings is 1. The third-order valence-corrected chi connectivity index (χ3v) is 1.41. The van der Waals surface area contributed by atoms with Crippen LogP contribution in [0.4, 0.5) is 0 Å². The van der Waals surface area contributed by atoms with Gasteiger partial charge in [-0.15, -0.1) is 0 Å². The largest absolute Gasteiger partial charge is 0.192 e. The summed E-state index contributed by atoms with van der Waals surface area (Å²) in [6.45, 7) is 2.08. The summed E-state index contributed by atoms with van der Waals surface area (Å²) in [4.78, 5) is 0. The molecule has 0 spiro atoms. The second-order valence-electron chi connectivity index (χ2n) is 2.08. The van der Waals surface area contributed by atoms with E-state index >= 15 is 0 Å². The molecule has 49 valence electrons. The van der Waals surface area contributed by atoms with Gasteiger partial charge in [0.1, 0.15) is 0 Å². The van der Waals surface area contributed by atoms with Crippen molar-refractivity contribution in [3.8, 4) is 6.07 Å². The van der Waals surface area contributed by atoms with Crippen LogP contribution in [-0.4, -0.2) is 0 Å². The van der Waals surface area contributed by atoms with Gasteiger partial charge in [-0.05, 0) is 24.1 Å². The molecule has 0 aromatic heterocycles. The van der Waals surface area contributed by atoms with Crippen molar-refractivity contribution in [3.05, 3.63) is 35.4 Å². The molecular formula is C9H8N. The van der Waals surface area contributed by atoms with E-state index in [1.54, 1.807) is 6.07 Å². The summed E-state index contributed by atoms with van der Waals surface area (Å²) in [6.07, 6.45) is 1.00. The molecule has 1 aromatic carbocycles. The molecule has 0 aliphatic rings. The van der Waals surface area contributed by atoms with Crippen LogP contribution in [0.15, 0.2) is 18.2 Å². The van der Waals surface area contributed by atoms with Crippen LogP contribution in [0, 0.1) is 17.4 Å². The van der Waals surface area contributed by atoms with Crippen molar-refractivity contribution in [2.75, 3.05) is 0 Å². The Balaban J connectivity index is 2.93. The number of hydrogen-bond donors (Lipinski definition) is 0. The lowest BCUT2D eigenvalue weighted by Crippen LogP contribution is -1.79. The zero-order chi connectivity index (χ0) is 7.40. The van der Waals surface area contributed by atoms with Gasteiger partial charge in [-0.3, -0.25) is 0 Å². The zero-order valence-electron chi connectivity index (χ0n) is 5.89. The Morgan fingerprint density at radius 2 is 2.40 bits per heavy atom. The predicted octanol–water partition coefficient (Wildman–Crippen LogP) is 1.92. The maximum Gasteiger partial charge on any atom is 0.0998 e. The van der Waals surface area contributed by atoms with Crippen molar-refractivity contribution in [1.82, 2.24) is 0 Å². The molecule has 0 aliphatic heterocycles. The highest BCUT2D eigenvalue weighted by atomic mass is 14.2. The standard InChI is InChI=1S/C9H8N/c1-2-8-3-5-9(7-10)6-4-8/h3-5H,2H2,1H3. The van der Waals surface area contributed by atoms with Gasteiger partial charge in [-0.1, -0.05) is 13.0 Å². The molecule has 1 aromatic rings. The van der Waals surface area contributed by atoms with Crippen molar-refractivity contribution in [2.45, 2.75) is 13.3 Å². The maximum absolute atomic E-state index is 8.42. The average Bonchev–Trinajstić information content (AvgIpc) is 2.05. The third-order valence-electron chi connectivity index (χ3n) is 1.41. The number of hydrogen-bond acceptors (Lipinski definition) is 1. The van der Waals surface area contributed by atoms with Crippen molar-refractivity contribution in [1.29, 1.82) is 5.26 Å². The van der Waals surface area contributed by atoms with Crippen LogP contribution in [0.5, 0.6) is 0 Å². The first kappa shape index (κ1) is 6.82. The van der Waals surface area contributed by atoms with E-state index in [-0.39, 0.29) is 0 Å². The van der Waals surface area contributed by atoms with Crippen LogP contribution in [0.25, 0.3) is 0 Å². The summed E-state index contributed by atoms with van der Waals surface area (Å²) >= 11 is 0. The quantitative estimate of drug-likeness (QED) is 0.569. The molecule has 0 heterocycles. The SMILES string of the molecule is CCc1c[c]c(C#N)cc1. The van der Waals surface area contributed by atoms with E-state index in [4.69, 9.17) is 5.26 Å². The van der Waals surface area contributed by atoms with Crippen LogP contribution in [0.3, 0.4) is 0 Å². The molecule has 0 unspecified atom stereocenters. The summed E-state index contributed by atoms with van der Waals surface area (Å²) in [5.74, 6) is 0. The maximum atomic E-state index is 8.42. The van der Waals surface area contributed by atoms with Gasteiger partial charge in [-0.25, -0.2) is 0 Å². The van der Waals surface area contributed by atoms with Gasteiger partial charge in [0.2, 0.25) is 0 Å². The van der Waals surface area contributed by atoms with Gasteiger partial charge in [0, 0.05) is 6.07 Å². The van der Waals surface area contributed by atoms with Crippen molar-refractivity contribution in [2.24, 2.45) is 0 Å². The van der Waals surface area contributed by atoms with Crippen molar-refractivity contribution in [3.63, 3.8) is 0 Å². The Kier molecular flexibility index (Phi) is 2.07. The van der Waals surface area contributed by atoms with E-state index in [0.29, 0.717) is 5.56 Å². The highest BCUT2D eigenvalue weighted by Crippen LogP contribution is 2.01. The average molecular weight is 130 g/mol. The fourth-order valence-electron chi connectivity index (χ4n) is 0.747. The second kappa shape index (κ2) is 3.03. The molecule has 1 radical (unpaired) electrons. The van der Waals surface area contributed by atoms with Crippen LogP contribution in [0.1, 0.15) is 18.1 Å². The monoisotopic (exact) mass is 130 g/mol. The summed E-state index contributed by atoms with van der Waals surface area (Å²) in [7, 11) is 0. The Morgan fingerprint density at radius 1 is 1.60 bits per heavy atom. The van der Waals surface area contributed by atoms with Crippen molar-refractivity contribution >= 4 is 0 Å². The molecule has 0 amide bonds.